The van der Waals surface area contributed by atoms with Gasteiger partial charge in [0.1, 0.15) is 0 Å². The minimum absolute atomic E-state index is 0.796. The zero-order valence-electron chi connectivity index (χ0n) is 77.4. The van der Waals surface area contributed by atoms with Crippen molar-refractivity contribution in [1.29, 1.82) is 0 Å². The summed E-state index contributed by atoms with van der Waals surface area (Å²) in [6.07, 6.45) is 0. The van der Waals surface area contributed by atoms with Crippen LogP contribution in [0, 0.1) is 0 Å². The van der Waals surface area contributed by atoms with Gasteiger partial charge in [-0.15, -0.1) is 0 Å². The van der Waals surface area contributed by atoms with E-state index in [0.717, 1.165) is 113 Å². The Morgan fingerprint density at radius 1 is 0.125 bits per heavy atom. The maximum absolute atomic E-state index is 6.84. The number of benzene rings is 24. The van der Waals surface area contributed by atoms with Crippen LogP contribution >= 0.6 is 23.5 Å². The van der Waals surface area contributed by atoms with Crippen molar-refractivity contribution < 1.29 is 9.47 Å². The number of para-hydroxylation sites is 14. The van der Waals surface area contributed by atoms with Crippen molar-refractivity contribution in [1.82, 2.24) is 18.3 Å². The topological polar surface area (TPSA) is 51.1 Å². The van der Waals surface area contributed by atoms with Crippen LogP contribution in [0.4, 0.5) is 68.2 Å². The molecule has 24 aromatic carbocycles. The Bertz CT molecular complexity index is 9040. The standard InChI is InChI=1S/C66H40N4O2.C66H40N4S2/c2*1-2-16-46-45(15-1)47-33-29-41(69-59-25-11-13-27-63(59)71-65-39-43(31-35-61(65)69)67-55-21-7-3-17-49(55)50-18-4-8-22-56(50)67)37-53(47)54-38-42(30-34-48(46)54)70-60-26-12-14-28-64(60)72-66-40-44(32-36-62(66)70)68-57-23-9-5-19-51(57)52-20-6-10-24-58(52)68/h2*1-40H. The molecule has 0 amide bonds. The average Bonchev–Trinajstić information content (AvgIpc) is 1.23. The van der Waals surface area contributed by atoms with E-state index in [0.29, 0.717) is 0 Å². The van der Waals surface area contributed by atoms with Crippen molar-refractivity contribution >= 4 is 244 Å². The first-order valence-corrected chi connectivity index (χ1v) is 50.6. The number of rotatable bonds is 8. The monoisotopic (exact) mass is 1870 g/mol. The largest absolute Gasteiger partial charge is 0.453 e. The van der Waals surface area contributed by atoms with E-state index in [1.807, 2.05) is 35.7 Å². The van der Waals surface area contributed by atoms with E-state index in [4.69, 9.17) is 9.47 Å². The van der Waals surface area contributed by atoms with Gasteiger partial charge in [0, 0.05) is 109 Å². The number of aromatic nitrogens is 4. The van der Waals surface area contributed by atoms with Gasteiger partial charge in [-0.05, 0) is 271 Å². The van der Waals surface area contributed by atoms with Crippen molar-refractivity contribution in [3.63, 3.8) is 0 Å². The molecular formula is C132H80N8O2S2. The van der Waals surface area contributed by atoms with Gasteiger partial charge >= 0.3 is 0 Å². The smallest absolute Gasteiger partial charge is 0.153 e. The summed E-state index contributed by atoms with van der Waals surface area (Å²) in [6, 6.07) is 177. The first-order valence-electron chi connectivity index (χ1n) is 49.0. The molecule has 10 nitrogen and oxygen atoms in total. The summed E-state index contributed by atoms with van der Waals surface area (Å²) in [5.74, 6) is 3.21. The van der Waals surface area contributed by atoms with Gasteiger partial charge in [0.05, 0.1) is 101 Å². The molecule has 0 bridgehead atoms. The van der Waals surface area contributed by atoms with E-state index in [9.17, 15) is 0 Å². The first-order chi connectivity index (χ1) is 71.4. The molecule has 144 heavy (non-hydrogen) atoms. The summed E-state index contributed by atoms with van der Waals surface area (Å²) in [4.78, 5) is 14.6. The third-order valence-corrected chi connectivity index (χ3v) is 32.3. The van der Waals surface area contributed by atoms with Gasteiger partial charge in [-0.25, -0.2) is 0 Å². The Morgan fingerprint density at radius 2 is 0.319 bits per heavy atom. The highest BCUT2D eigenvalue weighted by Crippen LogP contribution is 2.60. The first kappa shape index (κ1) is 80.5. The van der Waals surface area contributed by atoms with Crippen LogP contribution in [0.5, 0.6) is 23.0 Å². The van der Waals surface area contributed by atoms with Gasteiger partial charge in [-0.3, -0.25) is 0 Å². The second kappa shape index (κ2) is 31.5. The SMILES string of the molecule is c1ccc2c(c1)Oc1cc(-n3c4ccccc4c4ccccc43)ccc1N2c1ccc2c3ccccc3c3ccc(N4c5ccccc5Oc5cc(-n6c7ccccc7c7ccccc76)ccc54)cc3c2c1.c1ccc2c(c1)Sc1cc(-n3c4ccccc4c4ccccc43)ccc1N2c1ccc2c3ccccc3c3ccc(N4c5ccccc5Sc5cc(-n6c7ccccc7c7ccccc76)ccc54)cc3c2c1. The fourth-order valence-electron chi connectivity index (χ4n) is 23.9. The van der Waals surface area contributed by atoms with Gasteiger partial charge in [0.2, 0.25) is 0 Å². The van der Waals surface area contributed by atoms with Crippen LogP contribution < -0.4 is 29.1 Å². The van der Waals surface area contributed by atoms with Gasteiger partial charge in [0.25, 0.3) is 0 Å². The van der Waals surface area contributed by atoms with Crippen molar-refractivity contribution in [2.75, 3.05) is 19.6 Å². The third-order valence-electron chi connectivity index (χ3n) is 30.0. The molecule has 0 saturated heterocycles. The van der Waals surface area contributed by atoms with E-state index >= 15 is 0 Å². The van der Waals surface area contributed by atoms with Gasteiger partial charge in [0.15, 0.2) is 23.0 Å². The van der Waals surface area contributed by atoms with Crippen LogP contribution in [-0.4, -0.2) is 18.3 Å². The molecule has 4 aliphatic heterocycles. The number of ether oxygens (including phenoxy) is 2. The van der Waals surface area contributed by atoms with Crippen molar-refractivity contribution in [2.45, 2.75) is 19.6 Å². The fraction of sp³-hybridized carbons (Fsp3) is 0. The predicted octanol–water partition coefficient (Wildman–Crippen LogP) is 37.7. The molecule has 12 heteroatoms. The lowest BCUT2D eigenvalue weighted by atomic mass is 9.93. The Labute approximate surface area is 835 Å². The molecule has 4 aromatic heterocycles. The summed E-state index contributed by atoms with van der Waals surface area (Å²) >= 11 is 3.71. The molecule has 0 fully saturated rings. The highest BCUT2D eigenvalue weighted by molar-refractivity contribution is 8.00. The summed E-state index contributed by atoms with van der Waals surface area (Å²) in [7, 11) is 0. The molecule has 0 radical (unpaired) electrons. The lowest BCUT2D eigenvalue weighted by molar-refractivity contribution is 0.476. The van der Waals surface area contributed by atoms with E-state index in [1.165, 1.54) is 172 Å². The zero-order valence-corrected chi connectivity index (χ0v) is 79.0. The Balaban J connectivity index is 0.000000131. The predicted molar refractivity (Wildman–Crippen MR) is 602 cm³/mol. The lowest BCUT2D eigenvalue weighted by Gasteiger charge is -2.34. The molecule has 0 aliphatic carbocycles. The molecule has 4 aliphatic rings. The molecule has 32 rings (SSSR count). The highest BCUT2D eigenvalue weighted by atomic mass is 32.2. The number of nitrogens with zero attached hydrogens (tertiary/aromatic N) is 8. The minimum atomic E-state index is 0.796. The quantitative estimate of drug-likeness (QED) is 0.140. The highest BCUT2D eigenvalue weighted by Gasteiger charge is 2.34. The van der Waals surface area contributed by atoms with Crippen molar-refractivity contribution in [3.8, 4) is 45.7 Å². The third kappa shape index (κ3) is 12.1. The van der Waals surface area contributed by atoms with Gasteiger partial charge in [-0.2, -0.15) is 0 Å². The Hall–Kier alpha value is -18.5. The second-order valence-corrected chi connectivity index (χ2v) is 39.9. The molecule has 672 valence electrons. The second-order valence-electron chi connectivity index (χ2n) is 37.7. The van der Waals surface area contributed by atoms with Crippen molar-refractivity contribution in [2.24, 2.45) is 0 Å². The number of fused-ring (bicyclic) bond motifs is 32. The van der Waals surface area contributed by atoms with Crippen LogP contribution in [0.2, 0.25) is 0 Å². The van der Waals surface area contributed by atoms with Crippen LogP contribution in [0.1, 0.15) is 0 Å². The zero-order chi connectivity index (χ0) is 94.0. The molecule has 0 unspecified atom stereocenters. The van der Waals surface area contributed by atoms with Gasteiger partial charge in [-0.1, -0.05) is 290 Å². The maximum Gasteiger partial charge on any atom is 0.153 e. The van der Waals surface area contributed by atoms with Crippen LogP contribution in [-0.2, 0) is 0 Å². The maximum atomic E-state index is 6.84. The average molecular weight is 1870 g/mol. The molecular weight excluding hydrogens is 1790 g/mol. The minimum Gasteiger partial charge on any atom is -0.453 e. The summed E-state index contributed by atoms with van der Waals surface area (Å²) in [5, 5.41) is 24.6. The molecule has 0 saturated carbocycles. The molecule has 28 aromatic rings. The summed E-state index contributed by atoms with van der Waals surface area (Å²) in [6.45, 7) is 0. The van der Waals surface area contributed by atoms with Crippen LogP contribution in [0.3, 0.4) is 0 Å². The Kier molecular flexibility index (Phi) is 17.6. The number of hydrogen-bond donors (Lipinski definition) is 0. The van der Waals surface area contributed by atoms with E-state index in [1.54, 1.807) is 0 Å². The molecule has 8 heterocycles. The number of hydrogen-bond acceptors (Lipinski definition) is 8. The Morgan fingerprint density at radius 3 is 0.604 bits per heavy atom. The summed E-state index contributed by atoms with van der Waals surface area (Å²) in [5.41, 5.74) is 26.9. The van der Waals surface area contributed by atoms with Crippen LogP contribution in [0.15, 0.2) is 505 Å². The van der Waals surface area contributed by atoms with Crippen LogP contribution in [0.25, 0.3) is 175 Å². The fourth-order valence-corrected chi connectivity index (χ4v) is 26.1. The summed E-state index contributed by atoms with van der Waals surface area (Å²) < 4.78 is 23.2. The molecule has 0 spiro atoms. The normalized spacial score (nSPS) is 13.0. The lowest BCUT2D eigenvalue weighted by Crippen LogP contribution is -2.16. The van der Waals surface area contributed by atoms with E-state index in [-0.39, 0.29) is 0 Å². The number of anilines is 12. The molecule has 0 atom stereocenters. The van der Waals surface area contributed by atoms with E-state index in [2.05, 4.69) is 511 Å². The van der Waals surface area contributed by atoms with Crippen molar-refractivity contribution in [3.05, 3.63) is 485 Å². The molecule has 0 N–H and O–H groups in total. The van der Waals surface area contributed by atoms with E-state index < -0.39 is 0 Å². The van der Waals surface area contributed by atoms with Gasteiger partial charge < -0.3 is 47.3 Å².